The van der Waals surface area contributed by atoms with E-state index in [0.29, 0.717) is 18.9 Å². The van der Waals surface area contributed by atoms with Crippen LogP contribution in [0.15, 0.2) is 79.4 Å². The molecule has 0 radical (unpaired) electrons. The summed E-state index contributed by atoms with van der Waals surface area (Å²) in [5, 5.41) is 6.06. The summed E-state index contributed by atoms with van der Waals surface area (Å²) in [5.41, 5.74) is 2.75. The molecule has 0 amide bonds. The standard InChI is InChI=1S/C30H28ClN5O4/c1-30(2)39-26-24(38-29(27(26)40-30)36-12-11-20-15-32-17-34-28(20)36)16-37-22-9-5-19-6-10-25(35-23(19)13-22)33-14-18-3-7-21(31)8-4-18/h3-13,15,17,24,26-27,29H,14,16H2,1-2H3,(H,33,35)/t24-,26-,27-,29-/m1/s1. The third-order valence-corrected chi connectivity index (χ3v) is 7.49. The Labute approximate surface area is 236 Å². The van der Waals surface area contributed by atoms with Gasteiger partial charge in [0.15, 0.2) is 12.0 Å². The second-order valence-corrected chi connectivity index (χ2v) is 10.9. The molecule has 204 valence electrons. The van der Waals surface area contributed by atoms with Crippen LogP contribution in [-0.4, -0.2) is 50.2 Å². The normalized spacial score (nSPS) is 23.5. The number of nitrogens with one attached hydrogen (secondary N) is 1. The summed E-state index contributed by atoms with van der Waals surface area (Å²) in [7, 11) is 0. The van der Waals surface area contributed by atoms with Gasteiger partial charge in [0.2, 0.25) is 0 Å². The van der Waals surface area contributed by atoms with Crippen molar-refractivity contribution < 1.29 is 18.9 Å². The monoisotopic (exact) mass is 557 g/mol. The molecular formula is C30H28ClN5O4. The Morgan fingerprint density at radius 3 is 2.70 bits per heavy atom. The van der Waals surface area contributed by atoms with Crippen LogP contribution in [0.5, 0.6) is 5.75 Å². The summed E-state index contributed by atoms with van der Waals surface area (Å²) in [4.78, 5) is 13.4. The van der Waals surface area contributed by atoms with Crippen LogP contribution in [0.2, 0.25) is 5.02 Å². The Balaban J connectivity index is 1.07. The molecule has 2 aromatic carbocycles. The van der Waals surface area contributed by atoms with Gasteiger partial charge in [-0.25, -0.2) is 15.0 Å². The highest BCUT2D eigenvalue weighted by molar-refractivity contribution is 6.30. The van der Waals surface area contributed by atoms with Crippen molar-refractivity contribution in [1.82, 2.24) is 19.5 Å². The van der Waals surface area contributed by atoms with Gasteiger partial charge in [-0.3, -0.25) is 0 Å². The van der Waals surface area contributed by atoms with E-state index in [-0.39, 0.29) is 18.3 Å². The number of pyridine rings is 1. The van der Waals surface area contributed by atoms with Crippen molar-refractivity contribution in [3.05, 3.63) is 90.0 Å². The van der Waals surface area contributed by atoms with E-state index in [0.717, 1.165) is 38.3 Å². The van der Waals surface area contributed by atoms with Crippen molar-refractivity contribution in [1.29, 1.82) is 0 Å². The zero-order valence-electron chi connectivity index (χ0n) is 22.0. The molecule has 7 rings (SSSR count). The largest absolute Gasteiger partial charge is 0.491 e. The van der Waals surface area contributed by atoms with E-state index < -0.39 is 12.0 Å². The third-order valence-electron chi connectivity index (χ3n) is 7.24. The lowest BCUT2D eigenvalue weighted by molar-refractivity contribution is -0.198. The molecule has 2 saturated heterocycles. The smallest absolute Gasteiger partial charge is 0.164 e. The summed E-state index contributed by atoms with van der Waals surface area (Å²) < 4.78 is 27.3. The number of rotatable bonds is 7. The number of aromatic nitrogens is 4. The highest BCUT2D eigenvalue weighted by Crippen LogP contribution is 2.44. The van der Waals surface area contributed by atoms with Gasteiger partial charge in [0.1, 0.15) is 48.5 Å². The van der Waals surface area contributed by atoms with Crippen molar-refractivity contribution in [2.45, 2.75) is 50.7 Å². The zero-order valence-corrected chi connectivity index (χ0v) is 22.8. The predicted octanol–water partition coefficient (Wildman–Crippen LogP) is 5.74. The molecule has 0 aliphatic carbocycles. The van der Waals surface area contributed by atoms with Crippen LogP contribution in [0.4, 0.5) is 5.82 Å². The van der Waals surface area contributed by atoms with Crippen LogP contribution in [-0.2, 0) is 20.8 Å². The minimum Gasteiger partial charge on any atom is -0.491 e. The van der Waals surface area contributed by atoms with Gasteiger partial charge in [0.25, 0.3) is 0 Å². The lowest BCUT2D eigenvalue weighted by Crippen LogP contribution is -2.33. The Kier molecular flexibility index (Phi) is 6.31. The zero-order chi connectivity index (χ0) is 27.3. The summed E-state index contributed by atoms with van der Waals surface area (Å²) in [5.74, 6) is 0.761. The first-order valence-corrected chi connectivity index (χ1v) is 13.6. The predicted molar refractivity (Wildman–Crippen MR) is 151 cm³/mol. The van der Waals surface area contributed by atoms with Crippen LogP contribution < -0.4 is 10.1 Å². The molecule has 3 aromatic heterocycles. The van der Waals surface area contributed by atoms with Gasteiger partial charge < -0.3 is 28.8 Å². The quantitative estimate of drug-likeness (QED) is 0.271. The molecule has 2 aliphatic rings. The molecule has 0 saturated carbocycles. The van der Waals surface area contributed by atoms with Gasteiger partial charge in [0.05, 0.1) is 5.52 Å². The van der Waals surface area contributed by atoms with E-state index in [9.17, 15) is 0 Å². The second-order valence-electron chi connectivity index (χ2n) is 10.5. The van der Waals surface area contributed by atoms with Gasteiger partial charge in [0, 0.05) is 40.8 Å². The van der Waals surface area contributed by atoms with Gasteiger partial charge in [-0.05, 0) is 61.9 Å². The lowest BCUT2D eigenvalue weighted by Gasteiger charge is -2.25. The van der Waals surface area contributed by atoms with Crippen molar-refractivity contribution in [3.63, 3.8) is 0 Å². The minimum atomic E-state index is -0.726. The van der Waals surface area contributed by atoms with Crippen molar-refractivity contribution in [3.8, 4) is 5.75 Å². The van der Waals surface area contributed by atoms with Crippen LogP contribution in [0.1, 0.15) is 25.6 Å². The SMILES string of the molecule is CC1(C)O[C@@H]2[C@H](O1)[C@@H](COc1ccc3ccc(NCc4ccc(Cl)cc4)nc3c1)O[C@H]2n1ccc2cncnc21. The van der Waals surface area contributed by atoms with Gasteiger partial charge >= 0.3 is 0 Å². The maximum Gasteiger partial charge on any atom is 0.164 e. The first-order chi connectivity index (χ1) is 19.4. The molecule has 0 spiro atoms. The minimum absolute atomic E-state index is 0.290. The Hall–Kier alpha value is -3.76. The van der Waals surface area contributed by atoms with Gasteiger partial charge in [-0.15, -0.1) is 0 Å². The molecule has 2 aliphatic heterocycles. The van der Waals surface area contributed by atoms with E-state index in [1.807, 2.05) is 85.3 Å². The van der Waals surface area contributed by atoms with Crippen molar-refractivity contribution in [2.75, 3.05) is 11.9 Å². The molecule has 2 fully saturated rings. The lowest BCUT2D eigenvalue weighted by atomic mass is 10.1. The molecule has 0 unspecified atom stereocenters. The summed E-state index contributed by atoms with van der Waals surface area (Å²) in [6, 6.07) is 19.6. The highest BCUT2D eigenvalue weighted by Gasteiger charge is 2.56. The van der Waals surface area contributed by atoms with Crippen molar-refractivity contribution >= 4 is 39.4 Å². The van der Waals surface area contributed by atoms with Gasteiger partial charge in [-0.1, -0.05) is 23.7 Å². The van der Waals surface area contributed by atoms with E-state index in [2.05, 4.69) is 15.3 Å². The number of anilines is 1. The van der Waals surface area contributed by atoms with Crippen LogP contribution >= 0.6 is 11.6 Å². The average Bonchev–Trinajstić information content (AvgIpc) is 3.62. The molecule has 10 heteroatoms. The number of fused-ring (bicyclic) bond motifs is 3. The molecule has 0 bridgehead atoms. The first-order valence-electron chi connectivity index (χ1n) is 13.2. The Morgan fingerprint density at radius 2 is 1.82 bits per heavy atom. The van der Waals surface area contributed by atoms with Crippen LogP contribution in [0.3, 0.4) is 0 Å². The Morgan fingerprint density at radius 1 is 1.00 bits per heavy atom. The molecule has 5 heterocycles. The number of nitrogens with zero attached hydrogens (tertiary/aromatic N) is 4. The number of hydrogen-bond acceptors (Lipinski definition) is 8. The Bertz CT molecular complexity index is 1670. The summed E-state index contributed by atoms with van der Waals surface area (Å²) in [6.07, 6.45) is 3.94. The average molecular weight is 558 g/mol. The molecule has 5 aromatic rings. The second kappa shape index (κ2) is 10.0. The number of hydrogen-bond donors (Lipinski definition) is 1. The molecule has 40 heavy (non-hydrogen) atoms. The molecular weight excluding hydrogens is 530 g/mol. The van der Waals surface area contributed by atoms with E-state index in [1.165, 1.54) is 6.33 Å². The first kappa shape index (κ1) is 25.2. The maximum absolute atomic E-state index is 6.48. The van der Waals surface area contributed by atoms with Crippen molar-refractivity contribution in [2.24, 2.45) is 0 Å². The third kappa shape index (κ3) is 4.86. The molecule has 1 N–H and O–H groups in total. The van der Waals surface area contributed by atoms with Crippen LogP contribution in [0.25, 0.3) is 21.9 Å². The fourth-order valence-corrected chi connectivity index (χ4v) is 5.51. The maximum atomic E-state index is 6.48. The molecule has 4 atom stereocenters. The fourth-order valence-electron chi connectivity index (χ4n) is 5.38. The number of benzene rings is 2. The van der Waals surface area contributed by atoms with E-state index in [1.54, 1.807) is 6.20 Å². The number of ether oxygens (including phenoxy) is 4. The fraction of sp³-hybridized carbons (Fsp3) is 0.300. The molecule has 9 nitrogen and oxygen atoms in total. The van der Waals surface area contributed by atoms with Crippen LogP contribution in [0, 0.1) is 0 Å². The van der Waals surface area contributed by atoms with E-state index in [4.69, 9.17) is 35.5 Å². The highest BCUT2D eigenvalue weighted by atomic mass is 35.5. The van der Waals surface area contributed by atoms with Gasteiger partial charge in [-0.2, -0.15) is 0 Å². The van der Waals surface area contributed by atoms with E-state index >= 15 is 0 Å². The summed E-state index contributed by atoms with van der Waals surface area (Å²) in [6.45, 7) is 4.79. The number of halogens is 1. The topological polar surface area (TPSA) is 92.6 Å². The summed E-state index contributed by atoms with van der Waals surface area (Å²) >= 11 is 6.00.